The van der Waals surface area contributed by atoms with E-state index in [-0.39, 0.29) is 17.2 Å². The lowest BCUT2D eigenvalue weighted by molar-refractivity contribution is 0.0362. The van der Waals surface area contributed by atoms with Crippen LogP contribution in [0.1, 0.15) is 57.5 Å². The zero-order valence-corrected chi connectivity index (χ0v) is 27.4. The topological polar surface area (TPSA) is 99.0 Å². The molecule has 2 aliphatic heterocycles. The second kappa shape index (κ2) is 15.0. The molecule has 0 aliphatic carbocycles. The minimum Gasteiger partial charge on any atom is -0.496 e. The highest BCUT2D eigenvalue weighted by atomic mass is 16.5. The van der Waals surface area contributed by atoms with Crippen LogP contribution in [0.25, 0.3) is 0 Å². The van der Waals surface area contributed by atoms with Gasteiger partial charge in [0, 0.05) is 50.9 Å². The Kier molecular flexibility index (Phi) is 10.2. The van der Waals surface area contributed by atoms with Crippen LogP contribution in [0.5, 0.6) is 11.5 Å². The summed E-state index contributed by atoms with van der Waals surface area (Å²) < 4.78 is 12.1. The number of rotatable bonds is 5. The maximum absolute atomic E-state index is 14.3. The first-order chi connectivity index (χ1) is 23.5. The van der Waals surface area contributed by atoms with Crippen LogP contribution in [0, 0.1) is 16.7 Å². The van der Waals surface area contributed by atoms with E-state index in [1.165, 1.54) is 0 Å². The summed E-state index contributed by atoms with van der Waals surface area (Å²) in [6.07, 6.45) is 4.92. The average Bonchev–Trinajstić information content (AvgIpc) is 3.15. The summed E-state index contributed by atoms with van der Waals surface area (Å²) in [5, 5.41) is 9.35. The molecule has 2 amide bonds. The summed E-state index contributed by atoms with van der Waals surface area (Å²) in [7, 11) is 1.59. The Morgan fingerprint density at radius 2 is 1.65 bits per heavy atom. The van der Waals surface area contributed by atoms with E-state index in [1.807, 2.05) is 94.7 Å². The van der Waals surface area contributed by atoms with E-state index >= 15 is 0 Å². The molecular formula is C39H41N5O4. The number of carbonyl (C=O) groups excluding carboxylic acids is 2. The molecule has 0 atom stereocenters. The number of anilines is 1. The number of para-hydroxylation sites is 2. The van der Waals surface area contributed by atoms with Crippen LogP contribution in [0.15, 0.2) is 97.2 Å². The molecule has 0 saturated carbocycles. The SMILES string of the molecule is COc1ccccc1C(=O)N1CCC2(CCCN(c3ccc(C#N)cn3)CCN(Cc3ccccc3)C(=O)c3ccccc3OC2)CC1. The fraction of sp³-hybridized carbons (Fsp3) is 0.333. The number of piperidine rings is 1. The molecule has 1 saturated heterocycles. The van der Waals surface area contributed by atoms with Gasteiger partial charge < -0.3 is 24.2 Å². The van der Waals surface area contributed by atoms with Crippen molar-refractivity contribution in [2.45, 2.75) is 32.2 Å². The van der Waals surface area contributed by atoms with E-state index in [0.717, 1.165) is 43.6 Å². The third-order valence-corrected chi connectivity index (χ3v) is 9.58. The quantitative estimate of drug-likeness (QED) is 0.255. The van der Waals surface area contributed by atoms with Gasteiger partial charge in [-0.05, 0) is 67.6 Å². The van der Waals surface area contributed by atoms with Gasteiger partial charge in [0.1, 0.15) is 23.4 Å². The van der Waals surface area contributed by atoms with Crippen molar-refractivity contribution >= 4 is 17.6 Å². The number of amides is 2. The Morgan fingerprint density at radius 1 is 0.896 bits per heavy atom. The lowest BCUT2D eigenvalue weighted by Crippen LogP contribution is -2.46. The fourth-order valence-electron chi connectivity index (χ4n) is 6.74. The zero-order valence-electron chi connectivity index (χ0n) is 27.4. The first-order valence-electron chi connectivity index (χ1n) is 16.6. The molecule has 6 rings (SSSR count). The van der Waals surface area contributed by atoms with Gasteiger partial charge in [-0.3, -0.25) is 9.59 Å². The summed E-state index contributed by atoms with van der Waals surface area (Å²) in [6, 6.07) is 30.7. The van der Waals surface area contributed by atoms with Crippen LogP contribution in [-0.2, 0) is 6.54 Å². The maximum Gasteiger partial charge on any atom is 0.257 e. The number of methoxy groups -OCH3 is 1. The number of hydrogen-bond donors (Lipinski definition) is 0. The molecule has 48 heavy (non-hydrogen) atoms. The fourth-order valence-corrected chi connectivity index (χ4v) is 6.74. The number of likely N-dealkylation sites (tertiary alicyclic amines) is 1. The standard InChI is InChI=1S/C39H41N5O4/c1-47-34-14-7-5-12-32(34)37(45)43-22-19-39(20-23-43)18-9-21-42(36-17-16-31(26-40)27-41-36)24-25-44(28-30-10-3-2-4-11-30)38(46)33-13-6-8-15-35(33)48-29-39/h2-8,10-17,27H,9,18-25,28-29H2,1H3. The van der Waals surface area contributed by atoms with Gasteiger partial charge in [-0.1, -0.05) is 54.6 Å². The van der Waals surface area contributed by atoms with Crippen molar-refractivity contribution in [2.75, 3.05) is 51.3 Å². The Morgan fingerprint density at radius 3 is 2.40 bits per heavy atom. The molecule has 1 fully saturated rings. The lowest BCUT2D eigenvalue weighted by Gasteiger charge is -2.42. The van der Waals surface area contributed by atoms with Crippen LogP contribution in [-0.4, -0.2) is 73.0 Å². The first kappa shape index (κ1) is 32.6. The van der Waals surface area contributed by atoms with Crippen LogP contribution < -0.4 is 14.4 Å². The number of fused-ring (bicyclic) bond motifs is 1. The highest BCUT2D eigenvalue weighted by molar-refractivity contribution is 5.97. The van der Waals surface area contributed by atoms with E-state index in [2.05, 4.69) is 16.0 Å². The monoisotopic (exact) mass is 643 g/mol. The molecule has 0 bridgehead atoms. The second-order valence-electron chi connectivity index (χ2n) is 12.6. The largest absolute Gasteiger partial charge is 0.496 e. The van der Waals surface area contributed by atoms with E-state index in [0.29, 0.717) is 67.5 Å². The molecule has 0 N–H and O–H groups in total. The Labute approximate surface area is 282 Å². The average molecular weight is 644 g/mol. The van der Waals surface area contributed by atoms with Crippen molar-refractivity contribution in [2.24, 2.45) is 5.41 Å². The van der Waals surface area contributed by atoms with Crippen LogP contribution in [0.3, 0.4) is 0 Å². The van der Waals surface area contributed by atoms with E-state index in [1.54, 1.807) is 19.4 Å². The first-order valence-corrected chi connectivity index (χ1v) is 16.6. The number of hydrogen-bond acceptors (Lipinski definition) is 7. The van der Waals surface area contributed by atoms with Crippen LogP contribution >= 0.6 is 0 Å². The molecule has 4 aromatic rings. The summed E-state index contributed by atoms with van der Waals surface area (Å²) in [4.78, 5) is 38.4. The van der Waals surface area contributed by atoms with Crippen molar-refractivity contribution in [3.8, 4) is 17.6 Å². The maximum atomic E-state index is 14.3. The third-order valence-electron chi connectivity index (χ3n) is 9.58. The van der Waals surface area contributed by atoms with Gasteiger partial charge >= 0.3 is 0 Å². The number of nitrogens with zero attached hydrogens (tertiary/aromatic N) is 5. The number of pyridine rings is 1. The number of ether oxygens (including phenoxy) is 2. The van der Waals surface area contributed by atoms with Crippen molar-refractivity contribution < 1.29 is 19.1 Å². The molecule has 0 unspecified atom stereocenters. The predicted octanol–water partition coefficient (Wildman–Crippen LogP) is 6.21. The van der Waals surface area contributed by atoms with E-state index < -0.39 is 0 Å². The summed E-state index contributed by atoms with van der Waals surface area (Å²) in [5.74, 6) is 1.82. The van der Waals surface area contributed by atoms with Gasteiger partial charge in [0.05, 0.1) is 30.4 Å². The van der Waals surface area contributed by atoms with Gasteiger partial charge in [0.2, 0.25) is 0 Å². The molecule has 2 aliphatic rings. The predicted molar refractivity (Wildman–Crippen MR) is 184 cm³/mol. The molecule has 9 nitrogen and oxygen atoms in total. The molecule has 0 radical (unpaired) electrons. The molecule has 3 heterocycles. The molecule has 246 valence electrons. The van der Waals surface area contributed by atoms with Crippen molar-refractivity contribution in [1.82, 2.24) is 14.8 Å². The van der Waals surface area contributed by atoms with E-state index in [4.69, 9.17) is 9.47 Å². The van der Waals surface area contributed by atoms with Crippen molar-refractivity contribution in [1.29, 1.82) is 5.26 Å². The highest BCUT2D eigenvalue weighted by Crippen LogP contribution is 2.39. The number of carbonyl (C=O) groups is 2. The summed E-state index contributed by atoms with van der Waals surface area (Å²) in [5.41, 5.74) is 2.47. The van der Waals surface area contributed by atoms with Gasteiger partial charge in [0.15, 0.2) is 0 Å². The van der Waals surface area contributed by atoms with Gasteiger partial charge in [-0.2, -0.15) is 5.26 Å². The summed E-state index contributed by atoms with van der Waals surface area (Å²) >= 11 is 0. The van der Waals surface area contributed by atoms with Crippen LogP contribution in [0.2, 0.25) is 0 Å². The number of benzene rings is 3. The smallest absolute Gasteiger partial charge is 0.257 e. The van der Waals surface area contributed by atoms with Gasteiger partial charge in [-0.25, -0.2) is 4.98 Å². The van der Waals surface area contributed by atoms with Crippen LogP contribution in [0.4, 0.5) is 5.82 Å². The van der Waals surface area contributed by atoms with Crippen molar-refractivity contribution in [3.63, 3.8) is 0 Å². The van der Waals surface area contributed by atoms with Gasteiger partial charge in [-0.15, -0.1) is 0 Å². The number of nitriles is 1. The normalized spacial score (nSPS) is 16.8. The summed E-state index contributed by atoms with van der Waals surface area (Å²) in [6.45, 7) is 3.90. The lowest BCUT2D eigenvalue weighted by atomic mass is 9.75. The Balaban J connectivity index is 1.28. The minimum absolute atomic E-state index is 0.0274. The molecule has 1 aromatic heterocycles. The number of aromatic nitrogens is 1. The molecular weight excluding hydrogens is 602 g/mol. The Bertz CT molecular complexity index is 1750. The molecule has 9 heteroatoms. The molecule has 3 aromatic carbocycles. The van der Waals surface area contributed by atoms with Crippen molar-refractivity contribution in [3.05, 3.63) is 119 Å². The second-order valence-corrected chi connectivity index (χ2v) is 12.6. The van der Waals surface area contributed by atoms with E-state index in [9.17, 15) is 14.9 Å². The molecule has 1 spiro atoms. The van der Waals surface area contributed by atoms with Gasteiger partial charge in [0.25, 0.3) is 11.8 Å². The highest BCUT2D eigenvalue weighted by Gasteiger charge is 2.38. The Hall–Kier alpha value is -5.36. The third kappa shape index (κ3) is 7.44. The minimum atomic E-state index is -0.185. The zero-order chi connectivity index (χ0) is 33.3.